The fourth-order valence-electron chi connectivity index (χ4n) is 3.64. The Bertz CT molecular complexity index is 360. The lowest BCUT2D eigenvalue weighted by Gasteiger charge is -2.15. The zero-order valence-electron chi connectivity index (χ0n) is 14.8. The average molecular weight is 301 g/mol. The van der Waals surface area contributed by atoms with E-state index in [2.05, 4.69) is 63.5 Å². The Morgan fingerprint density at radius 1 is 0.955 bits per heavy atom. The fourth-order valence-corrected chi connectivity index (χ4v) is 3.64. The van der Waals surface area contributed by atoms with Gasteiger partial charge in [-0.1, -0.05) is 56.7 Å². The second-order valence-corrected chi connectivity index (χ2v) is 6.79. The Balaban J connectivity index is 2.17. The van der Waals surface area contributed by atoms with Gasteiger partial charge in [-0.2, -0.15) is 0 Å². The maximum Gasteiger partial charge on any atom is -0.0204 e. The fraction of sp³-hybridized carbons (Fsp3) is 0.636. The van der Waals surface area contributed by atoms with Crippen LogP contribution in [0.5, 0.6) is 0 Å². The first-order chi connectivity index (χ1) is 10.7. The van der Waals surface area contributed by atoms with Crippen molar-refractivity contribution in [3.05, 3.63) is 49.6 Å². The van der Waals surface area contributed by atoms with E-state index in [-0.39, 0.29) is 0 Å². The third-order valence-corrected chi connectivity index (χ3v) is 5.30. The van der Waals surface area contributed by atoms with Gasteiger partial charge in [-0.3, -0.25) is 0 Å². The van der Waals surface area contributed by atoms with Crippen LogP contribution >= 0.6 is 0 Å². The number of hydrogen-bond acceptors (Lipinski definition) is 0. The normalized spacial score (nSPS) is 26.7. The van der Waals surface area contributed by atoms with Crippen LogP contribution in [0.15, 0.2) is 49.6 Å². The summed E-state index contributed by atoms with van der Waals surface area (Å²) in [5.41, 5.74) is 0. The van der Waals surface area contributed by atoms with E-state index in [0.29, 0.717) is 5.92 Å². The zero-order chi connectivity index (χ0) is 16.2. The van der Waals surface area contributed by atoms with Gasteiger partial charge in [-0.25, -0.2) is 0 Å². The summed E-state index contributed by atoms with van der Waals surface area (Å²) in [4.78, 5) is 0. The van der Waals surface area contributed by atoms with E-state index < -0.39 is 0 Å². The molecular formula is C22H36. The Kier molecular flexibility index (Phi) is 9.95. The molecule has 0 heterocycles. The van der Waals surface area contributed by atoms with Crippen LogP contribution in [-0.4, -0.2) is 0 Å². The summed E-state index contributed by atoms with van der Waals surface area (Å²) in [7, 11) is 0. The Hall–Kier alpha value is -1.04. The van der Waals surface area contributed by atoms with Gasteiger partial charge in [0.05, 0.1) is 0 Å². The zero-order valence-corrected chi connectivity index (χ0v) is 14.8. The SMILES string of the molecule is C=CC(CC)C/C=C/CC/C=C\CC1CC(C=C)CC1CC. The van der Waals surface area contributed by atoms with Crippen LogP contribution < -0.4 is 0 Å². The Morgan fingerprint density at radius 3 is 2.23 bits per heavy atom. The van der Waals surface area contributed by atoms with Crippen LogP contribution in [0.2, 0.25) is 0 Å². The third-order valence-electron chi connectivity index (χ3n) is 5.30. The van der Waals surface area contributed by atoms with E-state index in [0.717, 1.165) is 24.2 Å². The van der Waals surface area contributed by atoms with Crippen molar-refractivity contribution in [1.82, 2.24) is 0 Å². The molecule has 0 heteroatoms. The van der Waals surface area contributed by atoms with Crippen molar-refractivity contribution >= 4 is 0 Å². The van der Waals surface area contributed by atoms with Crippen molar-refractivity contribution in [3.8, 4) is 0 Å². The van der Waals surface area contributed by atoms with Crippen LogP contribution in [0.3, 0.4) is 0 Å². The van der Waals surface area contributed by atoms with Crippen molar-refractivity contribution in [2.24, 2.45) is 23.7 Å². The smallest absolute Gasteiger partial charge is 0.0204 e. The first-order valence-corrected chi connectivity index (χ1v) is 9.30. The van der Waals surface area contributed by atoms with E-state index >= 15 is 0 Å². The Labute approximate surface area is 139 Å². The lowest BCUT2D eigenvalue weighted by molar-refractivity contribution is 0.380. The van der Waals surface area contributed by atoms with Crippen molar-refractivity contribution < 1.29 is 0 Å². The number of hydrogen-bond donors (Lipinski definition) is 0. The largest absolute Gasteiger partial charge is 0.103 e. The molecule has 0 aromatic heterocycles. The highest BCUT2D eigenvalue weighted by Gasteiger charge is 2.30. The molecule has 0 nitrogen and oxygen atoms in total. The summed E-state index contributed by atoms with van der Waals surface area (Å²) in [6, 6.07) is 0. The maximum absolute atomic E-state index is 3.98. The quantitative estimate of drug-likeness (QED) is 0.282. The molecule has 1 saturated carbocycles. The monoisotopic (exact) mass is 300 g/mol. The van der Waals surface area contributed by atoms with Gasteiger partial charge in [-0.15, -0.1) is 13.2 Å². The minimum atomic E-state index is 0.651. The summed E-state index contributed by atoms with van der Waals surface area (Å²) < 4.78 is 0. The molecule has 1 aliphatic rings. The van der Waals surface area contributed by atoms with Crippen molar-refractivity contribution in [3.63, 3.8) is 0 Å². The van der Waals surface area contributed by atoms with E-state index in [1.807, 2.05) is 0 Å². The predicted molar refractivity (Wildman–Crippen MR) is 101 cm³/mol. The van der Waals surface area contributed by atoms with Crippen molar-refractivity contribution in [2.45, 2.75) is 65.2 Å². The topological polar surface area (TPSA) is 0 Å². The van der Waals surface area contributed by atoms with E-state index in [9.17, 15) is 0 Å². The molecule has 1 fully saturated rings. The molecule has 0 aliphatic heterocycles. The minimum Gasteiger partial charge on any atom is -0.103 e. The standard InChI is InChI=1S/C22H36/c1-5-19(6-2)15-13-11-9-10-12-14-16-22-18-20(7-3)17-21(22)8-4/h5,7,11-14,19-22H,1,3,6,8-10,15-18H2,2,4H3/b13-11+,14-12-. The van der Waals surface area contributed by atoms with Gasteiger partial charge in [-0.05, 0) is 68.6 Å². The molecule has 0 bridgehead atoms. The maximum atomic E-state index is 3.98. The van der Waals surface area contributed by atoms with E-state index in [1.165, 1.54) is 44.9 Å². The lowest BCUT2D eigenvalue weighted by Crippen LogP contribution is -2.05. The molecule has 0 amide bonds. The van der Waals surface area contributed by atoms with Crippen LogP contribution in [0, 0.1) is 23.7 Å². The van der Waals surface area contributed by atoms with E-state index in [1.54, 1.807) is 0 Å². The highest BCUT2D eigenvalue weighted by molar-refractivity contribution is 4.96. The average Bonchev–Trinajstić information content (AvgIpc) is 2.96. The van der Waals surface area contributed by atoms with Gasteiger partial charge < -0.3 is 0 Å². The molecule has 124 valence electrons. The van der Waals surface area contributed by atoms with Crippen LogP contribution in [0.25, 0.3) is 0 Å². The summed E-state index contributed by atoms with van der Waals surface area (Å²) in [6.07, 6.45) is 23.7. The summed E-state index contributed by atoms with van der Waals surface area (Å²) in [5, 5.41) is 0. The number of rotatable bonds is 11. The van der Waals surface area contributed by atoms with Crippen molar-refractivity contribution in [2.75, 3.05) is 0 Å². The molecule has 0 aromatic carbocycles. The second-order valence-electron chi connectivity index (χ2n) is 6.79. The molecule has 0 radical (unpaired) electrons. The van der Waals surface area contributed by atoms with Crippen LogP contribution in [0.4, 0.5) is 0 Å². The van der Waals surface area contributed by atoms with Gasteiger partial charge in [0.2, 0.25) is 0 Å². The minimum absolute atomic E-state index is 0.651. The molecule has 0 spiro atoms. The van der Waals surface area contributed by atoms with Crippen LogP contribution in [-0.2, 0) is 0 Å². The number of allylic oxidation sites excluding steroid dienone is 6. The molecule has 1 rings (SSSR count). The van der Waals surface area contributed by atoms with Gasteiger partial charge >= 0.3 is 0 Å². The lowest BCUT2D eigenvalue weighted by atomic mass is 9.91. The Morgan fingerprint density at radius 2 is 1.64 bits per heavy atom. The predicted octanol–water partition coefficient (Wildman–Crippen LogP) is 7.11. The highest BCUT2D eigenvalue weighted by atomic mass is 14.3. The third kappa shape index (κ3) is 6.81. The first kappa shape index (κ1) is 19.0. The molecular weight excluding hydrogens is 264 g/mol. The van der Waals surface area contributed by atoms with Gasteiger partial charge in [0.1, 0.15) is 0 Å². The van der Waals surface area contributed by atoms with Crippen molar-refractivity contribution in [1.29, 1.82) is 0 Å². The highest BCUT2D eigenvalue weighted by Crippen LogP contribution is 2.40. The summed E-state index contributed by atoms with van der Waals surface area (Å²) in [5.74, 6) is 3.22. The van der Waals surface area contributed by atoms with Gasteiger partial charge in [0.15, 0.2) is 0 Å². The van der Waals surface area contributed by atoms with Gasteiger partial charge in [0.25, 0.3) is 0 Å². The van der Waals surface area contributed by atoms with Gasteiger partial charge in [0, 0.05) is 0 Å². The molecule has 0 aromatic rings. The molecule has 22 heavy (non-hydrogen) atoms. The van der Waals surface area contributed by atoms with E-state index in [4.69, 9.17) is 0 Å². The van der Waals surface area contributed by atoms with Crippen LogP contribution in [0.1, 0.15) is 65.2 Å². The molecule has 0 saturated heterocycles. The summed E-state index contributed by atoms with van der Waals surface area (Å²) in [6.45, 7) is 12.4. The summed E-state index contributed by atoms with van der Waals surface area (Å²) >= 11 is 0. The first-order valence-electron chi connectivity index (χ1n) is 9.30. The molecule has 0 N–H and O–H groups in total. The molecule has 4 unspecified atom stereocenters. The molecule has 1 aliphatic carbocycles. The second kappa shape index (κ2) is 11.5. The molecule has 4 atom stereocenters. The number of unbranched alkanes of at least 4 members (excludes halogenated alkanes) is 1.